The van der Waals surface area contributed by atoms with Gasteiger partial charge in [0, 0.05) is 42.2 Å². The van der Waals surface area contributed by atoms with Gasteiger partial charge in [-0.2, -0.15) is 0 Å². The van der Waals surface area contributed by atoms with Crippen molar-refractivity contribution in [2.45, 2.75) is 73.4 Å². The van der Waals surface area contributed by atoms with Crippen molar-refractivity contribution in [2.75, 3.05) is 0 Å². The second-order valence-corrected chi connectivity index (χ2v) is 8.19. The van der Waals surface area contributed by atoms with Gasteiger partial charge in [0.1, 0.15) is 6.10 Å². The lowest BCUT2D eigenvalue weighted by Gasteiger charge is -2.53. The van der Waals surface area contributed by atoms with Gasteiger partial charge in [-0.25, -0.2) is 0 Å². The largest absolute Gasteiger partial charge is 0.494 e. The maximum atomic E-state index is 6.54. The Morgan fingerprint density at radius 1 is 0.818 bits per heavy atom. The molecule has 0 radical (unpaired) electrons. The normalized spacial score (nSPS) is 52.0. The molecule has 0 spiro atoms. The third kappa shape index (κ3) is 2.23. The van der Waals surface area contributed by atoms with Crippen LogP contribution in [-0.4, -0.2) is 47.7 Å². The van der Waals surface area contributed by atoms with Gasteiger partial charge in [-0.05, 0) is 24.7 Å². The Hall–Kier alpha value is -0.850. The second kappa shape index (κ2) is 5.35. The Morgan fingerprint density at radius 2 is 1.59 bits per heavy atom. The minimum Gasteiger partial charge on any atom is -0.494 e. The van der Waals surface area contributed by atoms with E-state index < -0.39 is 0 Å². The van der Waals surface area contributed by atoms with Gasteiger partial charge in [0.05, 0.1) is 24.5 Å². The van der Waals surface area contributed by atoms with Crippen LogP contribution in [0.15, 0.2) is 24.1 Å². The van der Waals surface area contributed by atoms with E-state index in [4.69, 9.17) is 9.47 Å². The molecule has 2 saturated carbocycles. The van der Waals surface area contributed by atoms with Crippen molar-refractivity contribution in [2.24, 2.45) is 0 Å². The van der Waals surface area contributed by atoms with E-state index in [1.165, 1.54) is 6.42 Å². The van der Waals surface area contributed by atoms with Gasteiger partial charge >= 0.3 is 0 Å². The van der Waals surface area contributed by atoms with Crippen molar-refractivity contribution in [1.29, 1.82) is 0 Å². The van der Waals surface area contributed by atoms with Gasteiger partial charge in [0.25, 0.3) is 0 Å². The smallest absolute Gasteiger partial charge is 0.120 e. The molecule has 0 aromatic rings. The lowest BCUT2D eigenvalue weighted by molar-refractivity contribution is -0.136. The van der Waals surface area contributed by atoms with E-state index >= 15 is 0 Å². The molecule has 0 aromatic carbocycles. The molecule has 8 unspecified atom stereocenters. The van der Waals surface area contributed by atoms with E-state index in [2.05, 4.69) is 27.6 Å². The summed E-state index contributed by atoms with van der Waals surface area (Å²) in [7, 11) is 0. The lowest BCUT2D eigenvalue weighted by atomic mass is 9.80. The zero-order chi connectivity index (χ0) is 14.5. The zero-order valence-electron chi connectivity index (χ0n) is 12.5. The van der Waals surface area contributed by atoms with Crippen LogP contribution in [0.4, 0.5) is 0 Å². The molecule has 3 aliphatic heterocycles. The van der Waals surface area contributed by atoms with Crippen LogP contribution in [0.3, 0.4) is 0 Å². The van der Waals surface area contributed by atoms with Gasteiger partial charge in [0.2, 0.25) is 0 Å². The van der Waals surface area contributed by atoms with Gasteiger partial charge in [-0.3, -0.25) is 0 Å². The standard InChI is InChI=1S/C16H23N3O2S/c1-3-20-13-6-10-14(5-9(13)17-1)21-15-7-12-16(8-11(15)19-10)22-4-2-18-12/h1-4,9-19H,5-8H2. The maximum Gasteiger partial charge on any atom is 0.120 e. The number of rotatable bonds is 0. The summed E-state index contributed by atoms with van der Waals surface area (Å²) in [5.74, 6) is 0. The Morgan fingerprint density at radius 3 is 2.55 bits per heavy atom. The van der Waals surface area contributed by atoms with Crippen LogP contribution in [0, 0.1) is 0 Å². The van der Waals surface area contributed by atoms with Crippen molar-refractivity contribution in [3.63, 3.8) is 0 Å². The zero-order valence-corrected chi connectivity index (χ0v) is 13.3. The maximum absolute atomic E-state index is 6.54. The highest BCUT2D eigenvalue weighted by molar-refractivity contribution is 8.02. The number of fused-ring (bicyclic) bond motifs is 4. The van der Waals surface area contributed by atoms with E-state index in [-0.39, 0.29) is 6.10 Å². The molecule has 3 N–H and O–H groups in total. The number of ether oxygens (including phenoxy) is 2. The third-order valence-corrected chi connectivity index (χ3v) is 6.95. The number of morpholine rings is 1. The predicted molar refractivity (Wildman–Crippen MR) is 86.2 cm³/mol. The molecule has 0 aromatic heterocycles. The van der Waals surface area contributed by atoms with Crippen LogP contribution in [0.1, 0.15) is 25.7 Å². The molecule has 1 saturated heterocycles. The van der Waals surface area contributed by atoms with Crippen LogP contribution in [-0.2, 0) is 9.47 Å². The van der Waals surface area contributed by atoms with Gasteiger partial charge < -0.3 is 25.4 Å². The lowest BCUT2D eigenvalue weighted by Crippen LogP contribution is -2.68. The summed E-state index contributed by atoms with van der Waals surface area (Å²) < 4.78 is 12.3. The Kier molecular flexibility index (Phi) is 3.30. The fraction of sp³-hybridized carbons (Fsp3) is 0.750. The summed E-state index contributed by atoms with van der Waals surface area (Å²) in [6.07, 6.45) is 11.1. The summed E-state index contributed by atoms with van der Waals surface area (Å²) in [4.78, 5) is 0. The molecule has 120 valence electrons. The number of hydrogen-bond acceptors (Lipinski definition) is 6. The highest BCUT2D eigenvalue weighted by atomic mass is 32.2. The predicted octanol–water partition coefficient (Wildman–Crippen LogP) is 1.04. The fourth-order valence-electron chi connectivity index (χ4n) is 4.67. The molecule has 3 heterocycles. The van der Waals surface area contributed by atoms with E-state index in [1.54, 1.807) is 6.26 Å². The van der Waals surface area contributed by atoms with E-state index in [1.807, 2.05) is 18.0 Å². The Bertz CT molecular complexity index is 416. The number of nitrogens with one attached hydrogen (secondary N) is 3. The second-order valence-electron chi connectivity index (χ2n) is 7.04. The SMILES string of the molecule is C1=COC2CC3NC4CC5SC=CNC5CC4OC3CC2N1. The summed E-state index contributed by atoms with van der Waals surface area (Å²) >= 11 is 1.97. The highest BCUT2D eigenvalue weighted by Crippen LogP contribution is 2.39. The quantitative estimate of drug-likeness (QED) is 0.620. The van der Waals surface area contributed by atoms with Crippen LogP contribution in [0.5, 0.6) is 0 Å². The molecular weight excluding hydrogens is 298 g/mol. The van der Waals surface area contributed by atoms with Crippen LogP contribution < -0.4 is 16.0 Å². The van der Waals surface area contributed by atoms with E-state index in [0.29, 0.717) is 41.6 Å². The van der Waals surface area contributed by atoms with Crippen molar-refractivity contribution < 1.29 is 9.47 Å². The minimum atomic E-state index is 0.281. The topological polar surface area (TPSA) is 54.5 Å². The highest BCUT2D eigenvalue weighted by Gasteiger charge is 2.48. The first kappa shape index (κ1) is 13.6. The molecular formula is C16H23N3O2S. The molecule has 5 nitrogen and oxygen atoms in total. The van der Waals surface area contributed by atoms with Crippen LogP contribution in [0.2, 0.25) is 0 Å². The molecule has 6 heteroatoms. The average molecular weight is 321 g/mol. The minimum absolute atomic E-state index is 0.281. The molecule has 0 amide bonds. The summed E-state index contributed by atoms with van der Waals surface area (Å²) in [6, 6.07) is 1.88. The van der Waals surface area contributed by atoms with Crippen molar-refractivity contribution in [3.8, 4) is 0 Å². The Labute approximate surface area is 135 Å². The monoisotopic (exact) mass is 321 g/mol. The number of thioether (sulfide) groups is 1. The average Bonchev–Trinajstić information content (AvgIpc) is 2.56. The third-order valence-electron chi connectivity index (χ3n) is 5.78. The first-order valence-corrected chi connectivity index (χ1v) is 9.36. The summed E-state index contributed by atoms with van der Waals surface area (Å²) in [6.45, 7) is 0. The molecule has 8 atom stereocenters. The van der Waals surface area contributed by atoms with Crippen molar-refractivity contribution in [1.82, 2.24) is 16.0 Å². The molecule has 22 heavy (non-hydrogen) atoms. The number of hydrogen-bond donors (Lipinski definition) is 3. The van der Waals surface area contributed by atoms with Gasteiger partial charge in [-0.15, -0.1) is 11.8 Å². The van der Waals surface area contributed by atoms with Crippen LogP contribution in [0.25, 0.3) is 0 Å². The van der Waals surface area contributed by atoms with Crippen LogP contribution >= 0.6 is 11.8 Å². The summed E-state index contributed by atoms with van der Waals surface area (Å²) in [5, 5.41) is 13.7. The van der Waals surface area contributed by atoms with E-state index in [9.17, 15) is 0 Å². The summed E-state index contributed by atoms with van der Waals surface area (Å²) in [5.41, 5.74) is 0. The first-order chi connectivity index (χ1) is 10.9. The molecule has 0 bridgehead atoms. The Balaban J connectivity index is 1.31. The van der Waals surface area contributed by atoms with Gasteiger partial charge in [0.15, 0.2) is 0 Å². The molecule has 2 aliphatic carbocycles. The van der Waals surface area contributed by atoms with E-state index in [0.717, 1.165) is 19.3 Å². The molecule has 5 rings (SSSR count). The first-order valence-electron chi connectivity index (χ1n) is 8.41. The van der Waals surface area contributed by atoms with Gasteiger partial charge in [-0.1, -0.05) is 0 Å². The van der Waals surface area contributed by atoms with Crippen molar-refractivity contribution >= 4 is 11.8 Å². The molecule has 3 fully saturated rings. The fourth-order valence-corrected chi connectivity index (χ4v) is 5.73. The van der Waals surface area contributed by atoms with Crippen molar-refractivity contribution in [3.05, 3.63) is 24.1 Å². The molecule has 5 aliphatic rings.